The Labute approximate surface area is 142 Å². The number of amides is 1. The number of aliphatic hydroxyl groups is 1. The smallest absolute Gasteiger partial charge is 0.262 e. The normalized spacial score (nSPS) is 22.8. The summed E-state index contributed by atoms with van der Waals surface area (Å²) in [7, 11) is 0. The van der Waals surface area contributed by atoms with Gasteiger partial charge >= 0.3 is 0 Å². The molecule has 0 saturated carbocycles. The highest BCUT2D eigenvalue weighted by Gasteiger charge is 2.46. The third-order valence-corrected chi connectivity index (χ3v) is 4.60. The maximum absolute atomic E-state index is 15.3. The Morgan fingerprint density at radius 3 is 3.00 bits per heavy atom. The first-order valence-corrected chi connectivity index (χ1v) is 7.85. The van der Waals surface area contributed by atoms with E-state index < -0.39 is 23.5 Å². The van der Waals surface area contributed by atoms with Crippen molar-refractivity contribution < 1.29 is 18.7 Å². The zero-order valence-corrected chi connectivity index (χ0v) is 13.4. The molecule has 1 heterocycles. The van der Waals surface area contributed by atoms with Crippen molar-refractivity contribution in [3.8, 4) is 0 Å². The van der Waals surface area contributed by atoms with Crippen molar-refractivity contribution in [3.63, 3.8) is 0 Å². The van der Waals surface area contributed by atoms with E-state index in [0.717, 1.165) is 0 Å². The zero-order chi connectivity index (χ0) is 17.3. The first kappa shape index (κ1) is 16.8. The van der Waals surface area contributed by atoms with Gasteiger partial charge in [0, 0.05) is 18.3 Å². The van der Waals surface area contributed by atoms with Crippen molar-refractivity contribution in [2.75, 3.05) is 0 Å². The lowest BCUT2D eigenvalue weighted by Crippen LogP contribution is -2.44. The number of aromatic nitrogens is 1. The molecule has 0 radical (unpaired) electrons. The summed E-state index contributed by atoms with van der Waals surface area (Å²) in [5.41, 5.74) is -1.70. The van der Waals surface area contributed by atoms with Gasteiger partial charge in [0.25, 0.3) is 5.91 Å². The van der Waals surface area contributed by atoms with Gasteiger partial charge in [-0.25, -0.2) is 8.78 Å². The number of pyridine rings is 1. The second-order valence-electron chi connectivity index (χ2n) is 5.69. The lowest BCUT2D eigenvalue weighted by Gasteiger charge is -2.32. The number of hydrogen-bond donors (Lipinski definition) is 2. The molecule has 1 aliphatic carbocycles. The van der Waals surface area contributed by atoms with Crippen LogP contribution in [0.2, 0.25) is 5.02 Å². The molecule has 1 aromatic heterocycles. The molecule has 0 fully saturated rings. The van der Waals surface area contributed by atoms with Gasteiger partial charge in [0.2, 0.25) is 5.67 Å². The van der Waals surface area contributed by atoms with E-state index in [1.54, 1.807) is 6.07 Å². The molecule has 0 saturated heterocycles. The Morgan fingerprint density at radius 1 is 1.42 bits per heavy atom. The fourth-order valence-electron chi connectivity index (χ4n) is 2.86. The second-order valence-corrected chi connectivity index (χ2v) is 6.07. The molecule has 2 aromatic rings. The van der Waals surface area contributed by atoms with E-state index in [1.807, 2.05) is 0 Å². The van der Waals surface area contributed by atoms with Crippen molar-refractivity contribution in [2.45, 2.75) is 31.2 Å². The Balaban J connectivity index is 1.82. The van der Waals surface area contributed by atoms with Gasteiger partial charge in [0.1, 0.15) is 5.82 Å². The van der Waals surface area contributed by atoms with E-state index >= 15 is 4.39 Å². The SMILES string of the molecule is O=C(NCc1cccc(F)c1Cl)[C@]1(F)CC[C@H](O)c2ncccc21. The van der Waals surface area contributed by atoms with Gasteiger partial charge in [-0.05, 0) is 30.5 Å². The number of rotatable bonds is 3. The summed E-state index contributed by atoms with van der Waals surface area (Å²) in [4.78, 5) is 16.4. The number of carbonyl (C=O) groups excluding carboxylic acids is 1. The summed E-state index contributed by atoms with van der Waals surface area (Å²) in [6.45, 7) is -0.0980. The number of carbonyl (C=O) groups is 1. The maximum Gasteiger partial charge on any atom is 0.262 e. The standard InChI is InChI=1S/C17H15ClF2N2O2/c18-14-10(3-1-5-12(14)19)9-22-16(24)17(20)7-6-13(23)15-11(17)4-2-8-21-15/h1-5,8,13,23H,6-7,9H2,(H,22,24)/t13-,17-/m0/s1. The molecule has 1 amide bonds. The average Bonchev–Trinajstić information content (AvgIpc) is 2.59. The molecule has 0 aliphatic heterocycles. The van der Waals surface area contributed by atoms with E-state index in [9.17, 15) is 14.3 Å². The summed E-state index contributed by atoms with van der Waals surface area (Å²) in [6, 6.07) is 7.18. The highest BCUT2D eigenvalue weighted by molar-refractivity contribution is 6.31. The Bertz CT molecular complexity index is 787. The minimum absolute atomic E-state index is 0.0617. The number of fused-ring (bicyclic) bond motifs is 1. The minimum atomic E-state index is -2.29. The predicted octanol–water partition coefficient (Wildman–Crippen LogP) is 3.18. The van der Waals surface area contributed by atoms with Crippen LogP contribution in [0.3, 0.4) is 0 Å². The van der Waals surface area contributed by atoms with Crippen LogP contribution in [0.5, 0.6) is 0 Å². The van der Waals surface area contributed by atoms with E-state index in [0.29, 0.717) is 5.56 Å². The van der Waals surface area contributed by atoms with Crippen LogP contribution in [0.15, 0.2) is 36.5 Å². The molecular formula is C17H15ClF2N2O2. The van der Waals surface area contributed by atoms with Crippen LogP contribution in [0, 0.1) is 5.82 Å². The minimum Gasteiger partial charge on any atom is -0.387 e. The maximum atomic E-state index is 15.3. The van der Waals surface area contributed by atoms with E-state index in [4.69, 9.17) is 11.6 Å². The molecule has 0 bridgehead atoms. The molecule has 3 rings (SSSR count). The third-order valence-electron chi connectivity index (χ3n) is 4.17. The van der Waals surface area contributed by atoms with Crippen molar-refractivity contribution in [1.82, 2.24) is 10.3 Å². The molecule has 2 atom stereocenters. The molecule has 0 unspecified atom stereocenters. The number of benzene rings is 1. The molecule has 0 spiro atoms. The van der Waals surface area contributed by atoms with Gasteiger partial charge in [0.05, 0.1) is 16.8 Å². The monoisotopic (exact) mass is 352 g/mol. The van der Waals surface area contributed by atoms with Gasteiger partial charge in [-0.15, -0.1) is 0 Å². The lowest BCUT2D eigenvalue weighted by atomic mass is 9.81. The molecule has 1 aliphatic rings. The molecule has 1 aromatic carbocycles. The number of nitrogens with one attached hydrogen (secondary N) is 1. The Hall–Kier alpha value is -2.05. The van der Waals surface area contributed by atoms with Gasteiger partial charge < -0.3 is 10.4 Å². The zero-order valence-electron chi connectivity index (χ0n) is 12.6. The predicted molar refractivity (Wildman–Crippen MR) is 84.5 cm³/mol. The molecular weight excluding hydrogens is 338 g/mol. The largest absolute Gasteiger partial charge is 0.387 e. The molecule has 2 N–H and O–H groups in total. The number of hydrogen-bond acceptors (Lipinski definition) is 3. The quantitative estimate of drug-likeness (QED) is 0.891. The molecule has 126 valence electrons. The Kier molecular flexibility index (Phi) is 4.51. The highest BCUT2D eigenvalue weighted by atomic mass is 35.5. The molecule has 4 nitrogen and oxygen atoms in total. The lowest BCUT2D eigenvalue weighted by molar-refractivity contribution is -0.135. The van der Waals surface area contributed by atoms with E-state index in [-0.39, 0.29) is 35.7 Å². The Morgan fingerprint density at radius 2 is 2.21 bits per heavy atom. The summed E-state index contributed by atoms with van der Waals surface area (Å²) in [6.07, 6.45) is 0.484. The van der Waals surface area contributed by atoms with Gasteiger partial charge in [0.15, 0.2) is 0 Å². The van der Waals surface area contributed by atoms with Crippen LogP contribution >= 0.6 is 11.6 Å². The summed E-state index contributed by atoms with van der Waals surface area (Å²) >= 11 is 5.83. The van der Waals surface area contributed by atoms with Crippen LogP contribution in [0.25, 0.3) is 0 Å². The number of halogens is 3. The van der Waals surface area contributed by atoms with Crippen LogP contribution in [-0.4, -0.2) is 16.0 Å². The van der Waals surface area contributed by atoms with Crippen molar-refractivity contribution in [1.29, 1.82) is 0 Å². The molecule has 7 heteroatoms. The van der Waals surface area contributed by atoms with Gasteiger partial charge in [-0.2, -0.15) is 0 Å². The third kappa shape index (κ3) is 2.87. The molecule has 24 heavy (non-hydrogen) atoms. The summed E-state index contributed by atoms with van der Waals surface area (Å²) in [5, 5.41) is 12.3. The topological polar surface area (TPSA) is 62.2 Å². The van der Waals surface area contributed by atoms with Gasteiger partial charge in [-0.3, -0.25) is 9.78 Å². The van der Waals surface area contributed by atoms with E-state index in [1.165, 1.54) is 30.5 Å². The van der Waals surface area contributed by atoms with Crippen molar-refractivity contribution in [3.05, 3.63) is 64.2 Å². The van der Waals surface area contributed by atoms with Crippen molar-refractivity contribution in [2.24, 2.45) is 0 Å². The summed E-state index contributed by atoms with van der Waals surface area (Å²) in [5.74, 6) is -1.46. The first-order chi connectivity index (χ1) is 11.4. The second kappa shape index (κ2) is 6.45. The number of aliphatic hydroxyl groups excluding tert-OH is 1. The number of alkyl halides is 1. The highest BCUT2D eigenvalue weighted by Crippen LogP contribution is 2.42. The first-order valence-electron chi connectivity index (χ1n) is 7.47. The van der Waals surface area contributed by atoms with E-state index in [2.05, 4.69) is 10.3 Å². The number of nitrogens with zero attached hydrogens (tertiary/aromatic N) is 1. The van der Waals surface area contributed by atoms with Crippen LogP contribution in [-0.2, 0) is 17.0 Å². The van der Waals surface area contributed by atoms with Crippen LogP contribution in [0.4, 0.5) is 8.78 Å². The fourth-order valence-corrected chi connectivity index (χ4v) is 3.05. The van der Waals surface area contributed by atoms with Crippen LogP contribution in [0.1, 0.15) is 35.8 Å². The van der Waals surface area contributed by atoms with Crippen molar-refractivity contribution >= 4 is 17.5 Å². The van der Waals surface area contributed by atoms with Gasteiger partial charge in [-0.1, -0.05) is 29.8 Å². The summed E-state index contributed by atoms with van der Waals surface area (Å²) < 4.78 is 28.8. The fraction of sp³-hybridized carbons (Fsp3) is 0.294. The van der Waals surface area contributed by atoms with Crippen LogP contribution < -0.4 is 5.32 Å². The average molecular weight is 353 g/mol.